The van der Waals surface area contributed by atoms with Crippen molar-refractivity contribution < 1.29 is 9.53 Å². The average molecular weight is 406 g/mol. The molecular formula is C23H26N4O3. The first-order valence-corrected chi connectivity index (χ1v) is 10.5. The molecule has 3 heterocycles. The quantitative estimate of drug-likeness (QED) is 0.720. The van der Waals surface area contributed by atoms with Crippen molar-refractivity contribution in [2.24, 2.45) is 12.8 Å². The fourth-order valence-electron chi connectivity index (χ4n) is 4.69. The van der Waals surface area contributed by atoms with Gasteiger partial charge in [0.2, 0.25) is 5.91 Å². The first-order chi connectivity index (χ1) is 14.5. The first-order valence-electron chi connectivity index (χ1n) is 10.5. The fraction of sp³-hybridized carbons (Fsp3) is 0.391. The molecule has 5 rings (SSSR count). The molecule has 3 aromatic rings. The highest BCUT2D eigenvalue weighted by atomic mass is 16.5. The number of aromatic nitrogens is 2. The number of aryl methyl sites for hydroxylation is 1. The number of piperidine rings is 1. The zero-order valence-electron chi connectivity index (χ0n) is 17.1. The van der Waals surface area contributed by atoms with Gasteiger partial charge in [-0.2, -0.15) is 0 Å². The summed E-state index contributed by atoms with van der Waals surface area (Å²) in [4.78, 5) is 27.1. The lowest BCUT2D eigenvalue weighted by Crippen LogP contribution is -2.52. The summed E-state index contributed by atoms with van der Waals surface area (Å²) in [5.74, 6) is -0.448. The highest BCUT2D eigenvalue weighted by Crippen LogP contribution is 2.30. The van der Waals surface area contributed by atoms with Crippen LogP contribution in [0.2, 0.25) is 0 Å². The number of hydrogen-bond donors (Lipinski definition) is 1. The number of carbonyl (C=O) groups is 1. The lowest BCUT2D eigenvalue weighted by atomic mass is 10.0. The van der Waals surface area contributed by atoms with E-state index in [-0.39, 0.29) is 11.7 Å². The summed E-state index contributed by atoms with van der Waals surface area (Å²) in [6, 6.07) is 14.1. The maximum Gasteiger partial charge on any atom is 0.329 e. The third-order valence-corrected chi connectivity index (χ3v) is 6.57. The smallest absolute Gasteiger partial charge is 0.329 e. The number of amides is 1. The van der Waals surface area contributed by atoms with E-state index in [1.807, 2.05) is 41.9 Å². The van der Waals surface area contributed by atoms with E-state index in [1.54, 1.807) is 16.7 Å². The number of imidazole rings is 1. The molecule has 0 bridgehead atoms. The van der Waals surface area contributed by atoms with Gasteiger partial charge in [-0.15, -0.1) is 0 Å². The number of benzene rings is 2. The SMILES string of the molecule is Cn1c(=O)n(C2CCN(C3COC3)CC2)c2ccc(-c3cccc(C(N)=O)c3)cc21. The monoisotopic (exact) mass is 406 g/mol. The molecule has 1 amide bonds. The van der Waals surface area contributed by atoms with Crippen LogP contribution in [0, 0.1) is 0 Å². The lowest BCUT2D eigenvalue weighted by molar-refractivity contribution is -0.0731. The summed E-state index contributed by atoms with van der Waals surface area (Å²) in [6.07, 6.45) is 1.94. The van der Waals surface area contributed by atoms with E-state index in [9.17, 15) is 9.59 Å². The van der Waals surface area contributed by atoms with Crippen molar-refractivity contribution in [3.05, 3.63) is 58.5 Å². The van der Waals surface area contributed by atoms with Gasteiger partial charge in [0.25, 0.3) is 0 Å². The Hall–Kier alpha value is -2.90. The second-order valence-electron chi connectivity index (χ2n) is 8.32. The largest absolute Gasteiger partial charge is 0.378 e. The van der Waals surface area contributed by atoms with Crippen LogP contribution in [0.5, 0.6) is 0 Å². The van der Waals surface area contributed by atoms with Crippen LogP contribution < -0.4 is 11.4 Å². The van der Waals surface area contributed by atoms with Crippen LogP contribution in [0.3, 0.4) is 0 Å². The molecule has 156 valence electrons. The molecular weight excluding hydrogens is 380 g/mol. The Bertz CT molecular complexity index is 1170. The predicted molar refractivity (Wildman–Crippen MR) is 116 cm³/mol. The van der Waals surface area contributed by atoms with E-state index in [4.69, 9.17) is 10.5 Å². The summed E-state index contributed by atoms with van der Waals surface area (Å²) >= 11 is 0. The summed E-state index contributed by atoms with van der Waals surface area (Å²) in [5.41, 5.74) is 9.65. The Balaban J connectivity index is 1.48. The number of ether oxygens (including phenoxy) is 1. The van der Waals surface area contributed by atoms with Gasteiger partial charge in [-0.1, -0.05) is 18.2 Å². The Morgan fingerprint density at radius 1 is 1.00 bits per heavy atom. The molecule has 0 spiro atoms. The minimum absolute atomic E-state index is 0.0264. The second-order valence-corrected chi connectivity index (χ2v) is 8.32. The maximum atomic E-state index is 13.1. The molecule has 7 nitrogen and oxygen atoms in total. The molecule has 30 heavy (non-hydrogen) atoms. The highest BCUT2D eigenvalue weighted by molar-refractivity contribution is 5.94. The van der Waals surface area contributed by atoms with Crippen LogP contribution in [0.4, 0.5) is 0 Å². The normalized spacial score (nSPS) is 18.6. The van der Waals surface area contributed by atoms with Crippen molar-refractivity contribution in [1.82, 2.24) is 14.0 Å². The minimum atomic E-state index is -0.448. The van der Waals surface area contributed by atoms with Gasteiger partial charge in [-0.05, 0) is 48.2 Å². The molecule has 1 aromatic heterocycles. The van der Waals surface area contributed by atoms with Gasteiger partial charge in [0.1, 0.15) is 0 Å². The molecule has 2 aliphatic rings. The lowest BCUT2D eigenvalue weighted by Gasteiger charge is -2.41. The number of likely N-dealkylation sites (tertiary alicyclic amines) is 1. The number of fused-ring (bicyclic) bond motifs is 1. The van der Waals surface area contributed by atoms with Gasteiger partial charge in [0.05, 0.1) is 30.3 Å². The number of nitrogens with zero attached hydrogens (tertiary/aromatic N) is 3. The van der Waals surface area contributed by atoms with Gasteiger partial charge in [0.15, 0.2) is 0 Å². The third-order valence-electron chi connectivity index (χ3n) is 6.57. The van der Waals surface area contributed by atoms with Crippen molar-refractivity contribution in [3.8, 4) is 11.1 Å². The van der Waals surface area contributed by atoms with Gasteiger partial charge in [-0.3, -0.25) is 18.8 Å². The average Bonchev–Trinajstić information content (AvgIpc) is 2.97. The molecule has 0 radical (unpaired) electrons. The van der Waals surface area contributed by atoms with Crippen molar-refractivity contribution in [2.75, 3.05) is 26.3 Å². The molecule has 0 saturated carbocycles. The zero-order valence-corrected chi connectivity index (χ0v) is 17.1. The van der Waals surface area contributed by atoms with Crippen molar-refractivity contribution in [2.45, 2.75) is 24.9 Å². The zero-order chi connectivity index (χ0) is 20.8. The van der Waals surface area contributed by atoms with Gasteiger partial charge >= 0.3 is 5.69 Å². The molecule has 0 aliphatic carbocycles. The van der Waals surface area contributed by atoms with Gasteiger partial charge < -0.3 is 10.5 Å². The van der Waals surface area contributed by atoms with E-state index in [2.05, 4.69) is 4.90 Å². The number of nitrogens with two attached hydrogens (primary N) is 1. The maximum absolute atomic E-state index is 13.1. The molecule has 2 N–H and O–H groups in total. The fourth-order valence-corrected chi connectivity index (χ4v) is 4.69. The Morgan fingerprint density at radius 3 is 2.40 bits per heavy atom. The third kappa shape index (κ3) is 3.14. The van der Waals surface area contributed by atoms with Crippen LogP contribution in [0.1, 0.15) is 29.2 Å². The van der Waals surface area contributed by atoms with Crippen molar-refractivity contribution in [1.29, 1.82) is 0 Å². The molecule has 2 aliphatic heterocycles. The van der Waals surface area contributed by atoms with Crippen LogP contribution >= 0.6 is 0 Å². The summed E-state index contributed by atoms with van der Waals surface area (Å²) in [6.45, 7) is 3.66. The first kappa shape index (κ1) is 19.1. The van der Waals surface area contributed by atoms with E-state index >= 15 is 0 Å². The molecule has 2 aromatic carbocycles. The van der Waals surface area contributed by atoms with Crippen LogP contribution in [0.25, 0.3) is 22.2 Å². The topological polar surface area (TPSA) is 82.5 Å². The van der Waals surface area contributed by atoms with E-state index in [0.29, 0.717) is 11.6 Å². The molecule has 0 unspecified atom stereocenters. The Labute approximate surface area is 174 Å². The van der Waals surface area contributed by atoms with E-state index in [1.165, 1.54) is 0 Å². The van der Waals surface area contributed by atoms with Crippen molar-refractivity contribution >= 4 is 16.9 Å². The Kier molecular flexibility index (Phi) is 4.72. The summed E-state index contributed by atoms with van der Waals surface area (Å²) in [7, 11) is 1.83. The highest BCUT2D eigenvalue weighted by Gasteiger charge is 2.31. The van der Waals surface area contributed by atoms with E-state index < -0.39 is 5.91 Å². The number of hydrogen-bond acceptors (Lipinski definition) is 4. The number of primary amides is 1. The standard InChI is InChI=1S/C23H26N4O3/c1-25-21-12-16(15-3-2-4-17(11-15)22(24)28)5-6-20(21)27(23(25)29)18-7-9-26(10-8-18)19-13-30-14-19/h2-6,11-12,18-19H,7-10,13-14H2,1H3,(H2,24,28). The predicted octanol–water partition coefficient (Wildman–Crippen LogP) is 2.14. The number of carbonyl (C=O) groups excluding carboxylic acids is 1. The molecule has 7 heteroatoms. The van der Waals surface area contributed by atoms with Crippen LogP contribution in [0.15, 0.2) is 47.3 Å². The van der Waals surface area contributed by atoms with E-state index in [0.717, 1.165) is 61.3 Å². The van der Waals surface area contributed by atoms with Crippen molar-refractivity contribution in [3.63, 3.8) is 0 Å². The molecule has 0 atom stereocenters. The van der Waals surface area contributed by atoms with Gasteiger partial charge in [-0.25, -0.2) is 4.79 Å². The van der Waals surface area contributed by atoms with Crippen LogP contribution in [-0.4, -0.2) is 52.3 Å². The van der Waals surface area contributed by atoms with Crippen LogP contribution in [-0.2, 0) is 11.8 Å². The molecule has 2 saturated heterocycles. The second kappa shape index (κ2) is 7.41. The summed E-state index contributed by atoms with van der Waals surface area (Å²) < 4.78 is 9.01. The molecule has 2 fully saturated rings. The summed E-state index contributed by atoms with van der Waals surface area (Å²) in [5, 5.41) is 0. The minimum Gasteiger partial charge on any atom is -0.378 e. The Morgan fingerprint density at radius 2 is 1.73 bits per heavy atom. The number of rotatable bonds is 4. The van der Waals surface area contributed by atoms with Gasteiger partial charge in [0, 0.05) is 31.7 Å².